The van der Waals surface area contributed by atoms with Crippen LogP contribution in [0.5, 0.6) is 0 Å². The molecule has 0 saturated carbocycles. The van der Waals surface area contributed by atoms with Crippen molar-refractivity contribution in [1.82, 2.24) is 4.98 Å². The fourth-order valence-corrected chi connectivity index (χ4v) is 2.85. The first-order chi connectivity index (χ1) is 8.29. The monoisotopic (exact) mass is 334 g/mol. The Hall–Kier alpha value is -1.19. The zero-order chi connectivity index (χ0) is 13.5. The SMILES string of the molecule is Nc1nc(Br)ccc1N1CC(S(N)(=O)=O)CC1=O. The number of primary sulfonamides is 1. The number of nitrogen functional groups attached to an aromatic ring is 1. The van der Waals surface area contributed by atoms with Gasteiger partial charge in [-0.05, 0) is 28.1 Å². The predicted octanol–water partition coefficient (Wildman–Crippen LogP) is -0.180. The van der Waals surface area contributed by atoms with Crippen LogP contribution in [0.15, 0.2) is 16.7 Å². The molecule has 7 nitrogen and oxygen atoms in total. The summed E-state index contributed by atoms with van der Waals surface area (Å²) in [5.41, 5.74) is 6.10. The molecule has 0 spiro atoms. The Bertz CT molecular complexity index is 604. The number of nitrogens with two attached hydrogens (primary N) is 2. The van der Waals surface area contributed by atoms with Gasteiger partial charge in [0.15, 0.2) is 0 Å². The van der Waals surface area contributed by atoms with Gasteiger partial charge in [-0.2, -0.15) is 0 Å². The molecule has 0 aliphatic carbocycles. The Morgan fingerprint density at radius 2 is 2.11 bits per heavy atom. The van der Waals surface area contributed by atoms with E-state index < -0.39 is 15.3 Å². The smallest absolute Gasteiger partial charge is 0.228 e. The normalized spacial score (nSPS) is 20.4. The summed E-state index contributed by atoms with van der Waals surface area (Å²) in [7, 11) is -3.73. The van der Waals surface area contributed by atoms with Gasteiger partial charge in [0.2, 0.25) is 15.9 Å². The predicted molar refractivity (Wildman–Crippen MR) is 70.2 cm³/mol. The number of pyridine rings is 1. The van der Waals surface area contributed by atoms with Crippen molar-refractivity contribution in [3.63, 3.8) is 0 Å². The third-order valence-corrected chi connectivity index (χ3v) is 4.40. The lowest BCUT2D eigenvalue weighted by molar-refractivity contribution is -0.117. The van der Waals surface area contributed by atoms with Crippen LogP contribution in [0.1, 0.15) is 6.42 Å². The van der Waals surface area contributed by atoms with Gasteiger partial charge in [-0.3, -0.25) is 4.79 Å². The minimum Gasteiger partial charge on any atom is -0.382 e. The summed E-state index contributed by atoms with van der Waals surface area (Å²) >= 11 is 3.15. The average Bonchev–Trinajstić information content (AvgIpc) is 2.60. The van der Waals surface area contributed by atoms with Gasteiger partial charge in [-0.15, -0.1) is 0 Å². The second-order valence-corrected chi connectivity index (χ2v) is 6.62. The number of amides is 1. The van der Waals surface area contributed by atoms with Gasteiger partial charge in [-0.25, -0.2) is 18.5 Å². The highest BCUT2D eigenvalue weighted by atomic mass is 79.9. The minimum atomic E-state index is -3.73. The van der Waals surface area contributed by atoms with Gasteiger partial charge in [0, 0.05) is 13.0 Å². The number of hydrogen-bond donors (Lipinski definition) is 2. The molecule has 1 aromatic heterocycles. The summed E-state index contributed by atoms with van der Waals surface area (Å²) < 4.78 is 23.0. The molecule has 2 rings (SSSR count). The number of hydrogen-bond acceptors (Lipinski definition) is 5. The average molecular weight is 335 g/mol. The van der Waals surface area contributed by atoms with Crippen molar-refractivity contribution < 1.29 is 13.2 Å². The molecule has 1 aromatic rings. The number of halogens is 1. The molecular formula is C9H11BrN4O3S. The standard InChI is InChI=1S/C9H11BrN4O3S/c10-7-2-1-6(9(11)13-7)14-4-5(3-8(14)15)18(12,16)17/h1-2,5H,3-4H2,(H2,11,13)(H2,12,16,17). The van der Waals surface area contributed by atoms with Gasteiger partial charge >= 0.3 is 0 Å². The highest BCUT2D eigenvalue weighted by molar-refractivity contribution is 9.10. The molecule has 98 valence electrons. The van der Waals surface area contributed by atoms with E-state index in [-0.39, 0.29) is 24.7 Å². The number of rotatable bonds is 2. The fourth-order valence-electron chi connectivity index (χ4n) is 1.80. The fraction of sp³-hybridized carbons (Fsp3) is 0.333. The minimum absolute atomic E-state index is 0.00514. The Morgan fingerprint density at radius 3 is 2.61 bits per heavy atom. The summed E-state index contributed by atoms with van der Waals surface area (Å²) in [6.45, 7) is 0.00514. The van der Waals surface area contributed by atoms with Gasteiger partial charge in [0.1, 0.15) is 15.7 Å². The third kappa shape index (κ3) is 2.47. The first-order valence-electron chi connectivity index (χ1n) is 5.03. The molecular weight excluding hydrogens is 324 g/mol. The topological polar surface area (TPSA) is 119 Å². The molecule has 0 aromatic carbocycles. The molecule has 18 heavy (non-hydrogen) atoms. The van der Waals surface area contributed by atoms with Gasteiger partial charge in [0.25, 0.3) is 0 Å². The first kappa shape index (κ1) is 13.2. The highest BCUT2D eigenvalue weighted by Gasteiger charge is 2.37. The molecule has 1 saturated heterocycles. The summed E-state index contributed by atoms with van der Waals surface area (Å²) in [4.78, 5) is 17.0. The maximum Gasteiger partial charge on any atom is 0.228 e. The second-order valence-electron chi connectivity index (χ2n) is 3.96. The largest absolute Gasteiger partial charge is 0.382 e. The number of aromatic nitrogens is 1. The Labute approximate surface area is 112 Å². The first-order valence-corrected chi connectivity index (χ1v) is 7.43. The summed E-state index contributed by atoms with van der Waals surface area (Å²) in [6, 6.07) is 3.24. The van der Waals surface area contributed by atoms with Crippen molar-refractivity contribution in [3.8, 4) is 0 Å². The number of carbonyl (C=O) groups excluding carboxylic acids is 1. The molecule has 2 heterocycles. The molecule has 0 bridgehead atoms. The van der Waals surface area contributed by atoms with E-state index in [1.807, 2.05) is 0 Å². The van der Waals surface area contributed by atoms with Crippen LogP contribution >= 0.6 is 15.9 Å². The van der Waals surface area contributed by atoms with E-state index in [9.17, 15) is 13.2 Å². The van der Waals surface area contributed by atoms with Crippen LogP contribution in [0.4, 0.5) is 11.5 Å². The van der Waals surface area contributed by atoms with Crippen molar-refractivity contribution in [2.45, 2.75) is 11.7 Å². The number of anilines is 2. The van der Waals surface area contributed by atoms with Crippen molar-refractivity contribution >= 4 is 43.4 Å². The molecule has 0 radical (unpaired) electrons. The molecule has 1 unspecified atom stereocenters. The summed E-state index contributed by atoms with van der Waals surface area (Å²) in [5.74, 6) is -0.169. The van der Waals surface area contributed by atoms with Gasteiger partial charge in [0.05, 0.1) is 5.69 Å². The zero-order valence-electron chi connectivity index (χ0n) is 9.21. The van der Waals surface area contributed by atoms with E-state index in [2.05, 4.69) is 20.9 Å². The molecule has 1 amide bonds. The molecule has 4 N–H and O–H groups in total. The van der Waals surface area contributed by atoms with E-state index in [1.165, 1.54) is 4.90 Å². The van der Waals surface area contributed by atoms with E-state index in [1.54, 1.807) is 12.1 Å². The molecule has 1 atom stereocenters. The highest BCUT2D eigenvalue weighted by Crippen LogP contribution is 2.29. The number of sulfonamides is 1. The Balaban J connectivity index is 2.33. The number of carbonyl (C=O) groups is 1. The third-order valence-electron chi connectivity index (χ3n) is 2.71. The molecule has 1 aliphatic heterocycles. The van der Waals surface area contributed by atoms with Crippen molar-refractivity contribution in [2.24, 2.45) is 5.14 Å². The number of nitrogens with zero attached hydrogens (tertiary/aromatic N) is 2. The van der Waals surface area contributed by atoms with Crippen molar-refractivity contribution in [3.05, 3.63) is 16.7 Å². The van der Waals surface area contributed by atoms with Crippen LogP contribution in [-0.4, -0.2) is 31.1 Å². The Kier molecular flexibility index (Phi) is 3.30. The molecule has 1 aliphatic rings. The lowest BCUT2D eigenvalue weighted by Crippen LogP contribution is -2.32. The van der Waals surface area contributed by atoms with Crippen LogP contribution in [-0.2, 0) is 14.8 Å². The van der Waals surface area contributed by atoms with Gasteiger partial charge in [-0.1, -0.05) is 0 Å². The van der Waals surface area contributed by atoms with E-state index in [4.69, 9.17) is 10.9 Å². The lowest BCUT2D eigenvalue weighted by Gasteiger charge is -2.17. The zero-order valence-corrected chi connectivity index (χ0v) is 11.6. The summed E-state index contributed by atoms with van der Waals surface area (Å²) in [6.07, 6.45) is -0.131. The van der Waals surface area contributed by atoms with Crippen LogP contribution in [0.25, 0.3) is 0 Å². The van der Waals surface area contributed by atoms with Gasteiger partial charge < -0.3 is 10.6 Å². The Morgan fingerprint density at radius 1 is 1.44 bits per heavy atom. The van der Waals surface area contributed by atoms with E-state index in [0.29, 0.717) is 10.3 Å². The quantitative estimate of drug-likeness (QED) is 0.727. The summed E-state index contributed by atoms with van der Waals surface area (Å²) in [5, 5.41) is 4.15. The van der Waals surface area contributed by atoms with E-state index >= 15 is 0 Å². The van der Waals surface area contributed by atoms with Crippen LogP contribution < -0.4 is 15.8 Å². The molecule has 1 fully saturated rings. The van der Waals surface area contributed by atoms with Crippen LogP contribution in [0.3, 0.4) is 0 Å². The van der Waals surface area contributed by atoms with Crippen LogP contribution in [0.2, 0.25) is 0 Å². The lowest BCUT2D eigenvalue weighted by atomic mass is 10.3. The maximum absolute atomic E-state index is 11.8. The maximum atomic E-state index is 11.8. The van der Waals surface area contributed by atoms with Crippen molar-refractivity contribution in [2.75, 3.05) is 17.2 Å². The van der Waals surface area contributed by atoms with E-state index in [0.717, 1.165) is 0 Å². The van der Waals surface area contributed by atoms with Crippen molar-refractivity contribution in [1.29, 1.82) is 0 Å². The second kappa shape index (κ2) is 4.48. The molecule has 9 heteroatoms. The van der Waals surface area contributed by atoms with Crippen LogP contribution in [0, 0.1) is 0 Å².